The van der Waals surface area contributed by atoms with E-state index in [1.54, 1.807) is 25.4 Å². The third-order valence-electron chi connectivity index (χ3n) is 12.1. The van der Waals surface area contributed by atoms with E-state index in [-0.39, 0.29) is 43.2 Å². The zero-order chi connectivity index (χ0) is 45.4. The Kier molecular flexibility index (Phi) is 13.0. The van der Waals surface area contributed by atoms with Crippen molar-refractivity contribution in [3.05, 3.63) is 54.7 Å². The second-order valence-electron chi connectivity index (χ2n) is 19.0. The van der Waals surface area contributed by atoms with Crippen LogP contribution in [0.5, 0.6) is 17.5 Å². The summed E-state index contributed by atoms with van der Waals surface area (Å²) in [6.07, 6.45) is 7.84. The minimum Gasteiger partial charge on any atom is -0.497 e. The Morgan fingerprint density at radius 1 is 1.03 bits per heavy atom. The molecule has 0 unspecified atom stereocenters. The first-order valence-corrected chi connectivity index (χ1v) is 23.5. The Labute approximate surface area is 369 Å². The predicted octanol–water partition coefficient (Wildman–Crippen LogP) is 5.40. The molecule has 1 saturated heterocycles. The number of urea groups is 1. The lowest BCUT2D eigenvalue weighted by Gasteiger charge is -2.33. The van der Waals surface area contributed by atoms with E-state index in [0.717, 1.165) is 11.8 Å². The standard InChI is InChI=1S/C46H61N7O9S/c1-26(2)61-38-18-13-29(24-47-38)36-21-30-20-32(60-8)14-17-35(30)41(48-36)62-33-22-37-40(54)50-46(43(56)52-63(58,59)34-15-16-34)23-31(46)12-10-9-11-27(3)19-28(4)39(42(55)53(37)25-33)49-44(57)51-45(5,6)7/h10,12-14,17-18,20-21,24,26-28,31,33-34,37,39H,9,11,15-16,19,22-23,25H2,1-8H3,(H,50,54)(H,52,56)(H2,49,51,57)/t27-,28-,31-,33-,37+,39+,46-/m1/s1. The molecule has 2 saturated carbocycles. The summed E-state index contributed by atoms with van der Waals surface area (Å²) in [4.78, 5) is 68.1. The van der Waals surface area contributed by atoms with Crippen LogP contribution in [0.3, 0.4) is 0 Å². The first kappa shape index (κ1) is 45.6. The van der Waals surface area contributed by atoms with Crippen LogP contribution < -0.4 is 34.9 Å². The highest BCUT2D eigenvalue weighted by atomic mass is 32.2. The van der Waals surface area contributed by atoms with Crippen molar-refractivity contribution >= 4 is 44.5 Å². The molecule has 4 heterocycles. The summed E-state index contributed by atoms with van der Waals surface area (Å²) < 4.78 is 46.3. The predicted molar refractivity (Wildman–Crippen MR) is 237 cm³/mol. The van der Waals surface area contributed by atoms with Gasteiger partial charge in [-0.1, -0.05) is 26.0 Å². The van der Waals surface area contributed by atoms with Crippen LogP contribution in [0.25, 0.3) is 22.0 Å². The number of nitrogens with zero attached hydrogens (tertiary/aromatic N) is 3. The molecule has 63 heavy (non-hydrogen) atoms. The van der Waals surface area contributed by atoms with E-state index in [4.69, 9.17) is 19.2 Å². The number of benzene rings is 1. The van der Waals surface area contributed by atoms with E-state index in [9.17, 15) is 22.8 Å². The first-order valence-electron chi connectivity index (χ1n) is 22.0. The van der Waals surface area contributed by atoms with Crippen LogP contribution in [0.4, 0.5) is 4.79 Å². The third-order valence-corrected chi connectivity index (χ3v) is 13.9. The molecule has 5 amide bonds. The summed E-state index contributed by atoms with van der Waals surface area (Å²) in [5, 5.41) is 9.55. The molecule has 7 atom stereocenters. The van der Waals surface area contributed by atoms with Gasteiger partial charge in [-0.05, 0) is 121 Å². The second-order valence-corrected chi connectivity index (χ2v) is 21.0. The fraction of sp³-hybridized carbons (Fsp3) is 0.565. The molecule has 3 aromatic rings. The molecule has 0 bridgehead atoms. The number of ether oxygens (including phenoxy) is 3. The molecule has 2 aliphatic heterocycles. The van der Waals surface area contributed by atoms with Crippen molar-refractivity contribution < 1.29 is 41.8 Å². The number of sulfonamides is 1. The number of nitrogens with one attached hydrogen (secondary N) is 4. The van der Waals surface area contributed by atoms with Gasteiger partial charge in [0, 0.05) is 41.1 Å². The summed E-state index contributed by atoms with van der Waals surface area (Å²) in [7, 11) is -2.35. The smallest absolute Gasteiger partial charge is 0.315 e. The lowest BCUT2D eigenvalue weighted by atomic mass is 9.88. The Morgan fingerprint density at radius 3 is 2.46 bits per heavy atom. The lowest BCUT2D eigenvalue weighted by Crippen LogP contribution is -2.60. The van der Waals surface area contributed by atoms with Crippen molar-refractivity contribution in [1.29, 1.82) is 0 Å². The number of rotatable bonds is 10. The summed E-state index contributed by atoms with van der Waals surface area (Å²) in [5.74, 6) is -1.22. The van der Waals surface area contributed by atoms with Gasteiger partial charge < -0.3 is 35.1 Å². The molecular weight excluding hydrogens is 827 g/mol. The Bertz CT molecular complexity index is 2360. The van der Waals surface area contributed by atoms with Gasteiger partial charge in [0.25, 0.3) is 5.91 Å². The molecule has 2 aromatic heterocycles. The van der Waals surface area contributed by atoms with Gasteiger partial charge in [0.15, 0.2) is 0 Å². The van der Waals surface area contributed by atoms with Gasteiger partial charge in [-0.3, -0.25) is 19.1 Å². The number of methoxy groups -OCH3 is 1. The highest BCUT2D eigenvalue weighted by Crippen LogP contribution is 2.46. The maximum Gasteiger partial charge on any atom is 0.315 e. The van der Waals surface area contributed by atoms with Crippen molar-refractivity contribution in [2.75, 3.05) is 13.7 Å². The largest absolute Gasteiger partial charge is 0.497 e. The Morgan fingerprint density at radius 2 is 1.79 bits per heavy atom. The van der Waals surface area contributed by atoms with Crippen molar-refractivity contribution in [3.63, 3.8) is 0 Å². The maximum absolute atomic E-state index is 15.0. The van der Waals surface area contributed by atoms with Crippen LogP contribution in [0.2, 0.25) is 0 Å². The van der Waals surface area contributed by atoms with Gasteiger partial charge in [-0.2, -0.15) is 0 Å². The van der Waals surface area contributed by atoms with Gasteiger partial charge in [-0.15, -0.1) is 0 Å². The average molecular weight is 888 g/mol. The molecule has 4 N–H and O–H groups in total. The first-order chi connectivity index (χ1) is 29.7. The minimum absolute atomic E-state index is 0.00813. The van der Waals surface area contributed by atoms with Gasteiger partial charge in [-0.25, -0.2) is 23.2 Å². The SMILES string of the molecule is COc1ccc2c(O[C@@H]3C[C@H]4C(=O)N[C@]5(C(=O)NS(=O)(=O)C6CC6)C[C@H]5C=CCC[C@@H](C)C[C@@H](C)[C@H](NC(=O)NC(C)(C)C)C(=O)N4C3)nc(-c3ccc(OC(C)C)nc3)cc2c1. The third kappa shape index (κ3) is 10.7. The van der Waals surface area contributed by atoms with E-state index in [0.29, 0.717) is 54.0 Å². The van der Waals surface area contributed by atoms with Crippen LogP contribution in [0.15, 0.2) is 54.7 Å². The number of hydrogen-bond donors (Lipinski definition) is 4. The number of pyridine rings is 2. The monoisotopic (exact) mass is 887 g/mol. The molecule has 4 aliphatic rings. The quantitative estimate of drug-likeness (QED) is 0.190. The van der Waals surface area contributed by atoms with Crippen molar-refractivity contribution in [2.45, 2.75) is 134 Å². The Balaban J connectivity index is 1.25. The number of amides is 5. The van der Waals surface area contributed by atoms with Gasteiger partial charge >= 0.3 is 6.03 Å². The molecule has 340 valence electrons. The zero-order valence-electron chi connectivity index (χ0n) is 37.4. The summed E-state index contributed by atoms with van der Waals surface area (Å²) in [6.45, 7) is 13.3. The molecule has 2 aliphatic carbocycles. The number of hydrogen-bond acceptors (Lipinski definition) is 11. The average Bonchev–Trinajstić information content (AvgIpc) is 4.14. The van der Waals surface area contributed by atoms with Crippen molar-refractivity contribution in [3.8, 4) is 28.8 Å². The lowest BCUT2D eigenvalue weighted by molar-refractivity contribution is -0.142. The second kappa shape index (κ2) is 18.0. The molecule has 7 rings (SSSR count). The molecule has 1 aromatic carbocycles. The number of carbonyl (C=O) groups excluding carboxylic acids is 4. The van der Waals surface area contributed by atoms with Gasteiger partial charge in [0.2, 0.25) is 33.6 Å². The molecule has 0 spiro atoms. The maximum atomic E-state index is 15.0. The molecule has 17 heteroatoms. The highest BCUT2D eigenvalue weighted by molar-refractivity contribution is 7.91. The van der Waals surface area contributed by atoms with Gasteiger partial charge in [0.05, 0.1) is 30.7 Å². The highest BCUT2D eigenvalue weighted by Gasteiger charge is 2.62. The van der Waals surface area contributed by atoms with Crippen LogP contribution in [-0.2, 0) is 24.4 Å². The van der Waals surface area contributed by atoms with Crippen LogP contribution in [-0.4, -0.2) is 101 Å². The molecule has 0 radical (unpaired) electrons. The van der Waals surface area contributed by atoms with E-state index >= 15 is 4.79 Å². The van der Waals surface area contributed by atoms with Crippen molar-refractivity contribution in [1.82, 2.24) is 35.5 Å². The minimum atomic E-state index is -3.93. The fourth-order valence-corrected chi connectivity index (χ4v) is 9.95. The Hall–Kier alpha value is -5.45. The summed E-state index contributed by atoms with van der Waals surface area (Å²) in [6, 6.07) is 8.30. The van der Waals surface area contributed by atoms with Gasteiger partial charge in [0.1, 0.15) is 29.5 Å². The zero-order valence-corrected chi connectivity index (χ0v) is 38.2. The topological polar surface area (TPSA) is 207 Å². The van der Waals surface area contributed by atoms with Crippen LogP contribution >= 0.6 is 0 Å². The fourth-order valence-electron chi connectivity index (χ4n) is 8.59. The van der Waals surface area contributed by atoms with Crippen LogP contribution in [0, 0.1) is 17.8 Å². The number of allylic oxidation sites excluding steroid dienone is 1. The summed E-state index contributed by atoms with van der Waals surface area (Å²) >= 11 is 0. The van der Waals surface area contributed by atoms with Crippen LogP contribution in [0.1, 0.15) is 93.4 Å². The number of carbonyl (C=O) groups is 4. The molecule has 3 fully saturated rings. The summed E-state index contributed by atoms with van der Waals surface area (Å²) in [5.41, 5.74) is -0.890. The van der Waals surface area contributed by atoms with Crippen molar-refractivity contribution in [2.24, 2.45) is 17.8 Å². The molecular formula is C46H61N7O9S. The normalized spacial score (nSPS) is 26.7. The van der Waals surface area contributed by atoms with E-state index in [2.05, 4.69) is 32.6 Å². The number of aromatic nitrogens is 2. The number of fused-ring (bicyclic) bond motifs is 3. The van der Waals surface area contributed by atoms with E-state index in [1.165, 1.54) is 4.90 Å². The molecule has 16 nitrogen and oxygen atoms in total. The van der Waals surface area contributed by atoms with E-state index < -0.39 is 74.2 Å². The van der Waals surface area contributed by atoms with E-state index in [1.807, 2.05) is 78.0 Å².